The Balaban J connectivity index is 2.00. The van der Waals surface area contributed by atoms with Gasteiger partial charge in [-0.15, -0.1) is 0 Å². The summed E-state index contributed by atoms with van der Waals surface area (Å²) in [6, 6.07) is 13.3. The summed E-state index contributed by atoms with van der Waals surface area (Å²) in [6.07, 6.45) is 3.51. The Hall–Kier alpha value is -2.82. The second-order valence-corrected chi connectivity index (χ2v) is 4.29. The highest BCUT2D eigenvalue weighted by Crippen LogP contribution is 2.24. The van der Waals surface area contributed by atoms with Crippen LogP contribution in [0.1, 0.15) is 0 Å². The summed E-state index contributed by atoms with van der Waals surface area (Å²) in [5.74, 6) is 0.804. The van der Waals surface area contributed by atoms with E-state index in [1.165, 1.54) is 0 Å². The van der Waals surface area contributed by atoms with E-state index in [9.17, 15) is 0 Å². The number of nitrogen functional groups attached to an aromatic ring is 1. The highest BCUT2D eigenvalue weighted by molar-refractivity contribution is 5.69. The van der Waals surface area contributed by atoms with Crippen LogP contribution in [0.3, 0.4) is 0 Å². The third-order valence-corrected chi connectivity index (χ3v) is 2.99. The van der Waals surface area contributed by atoms with Gasteiger partial charge in [-0.3, -0.25) is 4.98 Å². The number of anilines is 1. The molecule has 3 aromatic rings. The van der Waals surface area contributed by atoms with Gasteiger partial charge in [-0.05, 0) is 36.4 Å². The summed E-state index contributed by atoms with van der Waals surface area (Å²) in [7, 11) is 1.64. The first-order valence-electron chi connectivity index (χ1n) is 6.19. The van der Waals surface area contributed by atoms with Crippen molar-refractivity contribution in [1.29, 1.82) is 0 Å². The average Bonchev–Trinajstić information content (AvgIpc) is 2.90. The predicted octanol–water partition coefficient (Wildman–Crippen LogP) is 2.53. The minimum absolute atomic E-state index is 0.597. The molecule has 100 valence electrons. The number of methoxy groups -OCH3 is 1. The van der Waals surface area contributed by atoms with Crippen LogP contribution in [0.25, 0.3) is 17.1 Å². The smallest absolute Gasteiger partial charge is 0.134 e. The van der Waals surface area contributed by atoms with Crippen LogP contribution in [-0.2, 0) is 0 Å². The highest BCUT2D eigenvalue weighted by atomic mass is 16.5. The van der Waals surface area contributed by atoms with E-state index in [1.807, 2.05) is 42.5 Å². The van der Waals surface area contributed by atoms with Gasteiger partial charge in [0.05, 0.1) is 30.4 Å². The summed E-state index contributed by atoms with van der Waals surface area (Å²) in [4.78, 5) is 4.27. The van der Waals surface area contributed by atoms with E-state index >= 15 is 0 Å². The second kappa shape index (κ2) is 5.05. The molecule has 0 unspecified atom stereocenters. The lowest BCUT2D eigenvalue weighted by molar-refractivity contribution is 0.414. The molecule has 20 heavy (non-hydrogen) atoms. The van der Waals surface area contributed by atoms with Gasteiger partial charge in [0, 0.05) is 6.20 Å². The fourth-order valence-corrected chi connectivity index (χ4v) is 1.96. The molecule has 0 amide bonds. The molecule has 0 radical (unpaired) electrons. The third kappa shape index (κ3) is 2.21. The van der Waals surface area contributed by atoms with E-state index in [2.05, 4.69) is 10.1 Å². The van der Waals surface area contributed by atoms with Gasteiger partial charge in [-0.25, -0.2) is 4.68 Å². The van der Waals surface area contributed by atoms with Crippen molar-refractivity contribution in [3.05, 3.63) is 54.9 Å². The summed E-state index contributed by atoms with van der Waals surface area (Å²) in [6.45, 7) is 0. The normalized spacial score (nSPS) is 10.4. The molecule has 0 aliphatic carbocycles. The molecular weight excluding hydrogens is 252 g/mol. The van der Waals surface area contributed by atoms with Crippen molar-refractivity contribution in [3.8, 4) is 22.8 Å². The lowest BCUT2D eigenvalue weighted by Gasteiger charge is -2.03. The molecule has 0 saturated heterocycles. The van der Waals surface area contributed by atoms with Gasteiger partial charge < -0.3 is 10.5 Å². The Kier molecular flexibility index (Phi) is 3.09. The molecule has 0 fully saturated rings. The number of nitrogens with zero attached hydrogens (tertiary/aromatic N) is 3. The molecule has 0 aliphatic rings. The molecule has 2 aromatic heterocycles. The predicted molar refractivity (Wildman–Crippen MR) is 77.8 cm³/mol. The van der Waals surface area contributed by atoms with Crippen LogP contribution in [0.5, 0.6) is 5.75 Å². The maximum Gasteiger partial charge on any atom is 0.134 e. The van der Waals surface area contributed by atoms with Gasteiger partial charge in [-0.1, -0.05) is 6.07 Å². The standard InChI is InChI=1S/C15H14N4O/c1-20-12-7-5-11(6-8-12)19-10-13(16)15(18-19)14-4-2-3-9-17-14/h2-10H,16H2,1H3. The Morgan fingerprint density at radius 3 is 2.55 bits per heavy atom. The summed E-state index contributed by atoms with van der Waals surface area (Å²) in [5, 5.41) is 4.49. The van der Waals surface area contributed by atoms with Gasteiger partial charge in [0.1, 0.15) is 11.4 Å². The molecule has 1 aromatic carbocycles. The van der Waals surface area contributed by atoms with Crippen molar-refractivity contribution in [2.75, 3.05) is 12.8 Å². The molecule has 0 bridgehead atoms. The number of pyridine rings is 1. The Bertz CT molecular complexity index is 704. The van der Waals surface area contributed by atoms with Crippen LogP contribution < -0.4 is 10.5 Å². The number of hydrogen-bond acceptors (Lipinski definition) is 4. The quantitative estimate of drug-likeness (QED) is 0.791. The lowest BCUT2D eigenvalue weighted by Crippen LogP contribution is -1.95. The van der Waals surface area contributed by atoms with Crippen molar-refractivity contribution in [3.63, 3.8) is 0 Å². The van der Waals surface area contributed by atoms with E-state index < -0.39 is 0 Å². The Labute approximate surface area is 116 Å². The molecule has 0 spiro atoms. The van der Waals surface area contributed by atoms with E-state index in [-0.39, 0.29) is 0 Å². The number of rotatable bonds is 3. The van der Waals surface area contributed by atoms with Crippen molar-refractivity contribution in [1.82, 2.24) is 14.8 Å². The minimum Gasteiger partial charge on any atom is -0.497 e. The maximum atomic E-state index is 6.02. The molecule has 0 aliphatic heterocycles. The van der Waals surface area contributed by atoms with Crippen molar-refractivity contribution < 1.29 is 4.74 Å². The Morgan fingerprint density at radius 1 is 1.10 bits per heavy atom. The van der Waals surface area contributed by atoms with Crippen LogP contribution in [-0.4, -0.2) is 21.9 Å². The topological polar surface area (TPSA) is 66.0 Å². The SMILES string of the molecule is COc1ccc(-n2cc(N)c(-c3ccccn3)n2)cc1. The van der Waals surface area contributed by atoms with Gasteiger partial charge >= 0.3 is 0 Å². The van der Waals surface area contributed by atoms with Crippen LogP contribution in [0.4, 0.5) is 5.69 Å². The van der Waals surface area contributed by atoms with Gasteiger partial charge in [0.2, 0.25) is 0 Å². The molecule has 3 rings (SSSR count). The van der Waals surface area contributed by atoms with E-state index in [1.54, 1.807) is 24.2 Å². The molecule has 2 heterocycles. The summed E-state index contributed by atoms with van der Waals surface area (Å²) in [5.41, 5.74) is 8.98. The van der Waals surface area contributed by atoms with Crippen LogP contribution in [0.15, 0.2) is 54.9 Å². The Morgan fingerprint density at radius 2 is 1.90 bits per heavy atom. The van der Waals surface area contributed by atoms with Gasteiger partial charge in [-0.2, -0.15) is 5.10 Å². The van der Waals surface area contributed by atoms with Crippen LogP contribution >= 0.6 is 0 Å². The number of nitrogens with two attached hydrogens (primary N) is 1. The van der Waals surface area contributed by atoms with Crippen molar-refractivity contribution >= 4 is 5.69 Å². The number of benzene rings is 1. The highest BCUT2D eigenvalue weighted by Gasteiger charge is 2.10. The fourth-order valence-electron chi connectivity index (χ4n) is 1.96. The zero-order chi connectivity index (χ0) is 13.9. The largest absolute Gasteiger partial charge is 0.497 e. The minimum atomic E-state index is 0.597. The first kappa shape index (κ1) is 12.2. The lowest BCUT2D eigenvalue weighted by atomic mass is 10.2. The summed E-state index contributed by atoms with van der Waals surface area (Å²) >= 11 is 0. The number of ether oxygens (including phenoxy) is 1. The maximum absolute atomic E-state index is 6.02. The van der Waals surface area contributed by atoms with Gasteiger partial charge in [0.15, 0.2) is 0 Å². The molecule has 2 N–H and O–H groups in total. The van der Waals surface area contributed by atoms with E-state index in [4.69, 9.17) is 10.5 Å². The third-order valence-electron chi connectivity index (χ3n) is 2.99. The molecule has 5 heteroatoms. The molecular formula is C15H14N4O. The first-order chi connectivity index (χ1) is 9.78. The fraction of sp³-hybridized carbons (Fsp3) is 0.0667. The zero-order valence-electron chi connectivity index (χ0n) is 11.0. The van der Waals surface area contributed by atoms with Gasteiger partial charge in [0.25, 0.3) is 0 Å². The molecule has 0 saturated carbocycles. The van der Waals surface area contributed by atoms with Crippen LogP contribution in [0.2, 0.25) is 0 Å². The van der Waals surface area contributed by atoms with E-state index in [0.29, 0.717) is 11.4 Å². The molecule has 0 atom stereocenters. The zero-order valence-corrected chi connectivity index (χ0v) is 11.0. The first-order valence-corrected chi connectivity index (χ1v) is 6.19. The summed E-state index contributed by atoms with van der Waals surface area (Å²) < 4.78 is 6.87. The average molecular weight is 266 g/mol. The molecule has 5 nitrogen and oxygen atoms in total. The second-order valence-electron chi connectivity index (χ2n) is 4.29. The monoisotopic (exact) mass is 266 g/mol. The van der Waals surface area contributed by atoms with Crippen LogP contribution in [0, 0.1) is 0 Å². The number of hydrogen-bond donors (Lipinski definition) is 1. The van der Waals surface area contributed by atoms with E-state index in [0.717, 1.165) is 17.1 Å². The van der Waals surface area contributed by atoms with Crippen molar-refractivity contribution in [2.24, 2.45) is 0 Å². The number of aromatic nitrogens is 3. The van der Waals surface area contributed by atoms with Crippen molar-refractivity contribution in [2.45, 2.75) is 0 Å².